The van der Waals surface area contributed by atoms with E-state index in [-0.39, 0.29) is 5.91 Å². The number of hydrogen-bond acceptors (Lipinski definition) is 3. The van der Waals surface area contributed by atoms with E-state index in [1.54, 1.807) is 0 Å². The zero-order valence-electron chi connectivity index (χ0n) is 16.4. The van der Waals surface area contributed by atoms with Gasteiger partial charge in [0, 0.05) is 31.2 Å². The first-order valence-electron chi connectivity index (χ1n) is 9.61. The van der Waals surface area contributed by atoms with E-state index in [2.05, 4.69) is 35.4 Å². The number of amides is 1. The van der Waals surface area contributed by atoms with Crippen LogP contribution in [0.15, 0.2) is 24.3 Å². The molecule has 4 heteroatoms. The molecule has 1 aliphatic carbocycles. The van der Waals surface area contributed by atoms with E-state index in [0.717, 1.165) is 18.7 Å². The fourth-order valence-electron chi connectivity index (χ4n) is 3.45. The molecule has 1 saturated carbocycles. The van der Waals surface area contributed by atoms with E-state index in [9.17, 15) is 4.79 Å². The lowest BCUT2D eigenvalue weighted by Crippen LogP contribution is -2.31. The van der Waals surface area contributed by atoms with Crippen molar-refractivity contribution in [3.63, 3.8) is 0 Å². The molecule has 25 heavy (non-hydrogen) atoms. The predicted molar refractivity (Wildman–Crippen MR) is 105 cm³/mol. The molecule has 1 unspecified atom stereocenters. The van der Waals surface area contributed by atoms with Gasteiger partial charge < -0.3 is 15.5 Å². The second-order valence-electron chi connectivity index (χ2n) is 8.43. The highest BCUT2D eigenvalue weighted by molar-refractivity contribution is 5.94. The maximum atomic E-state index is 12.3. The average Bonchev–Trinajstić information content (AvgIpc) is 2.73. The van der Waals surface area contributed by atoms with Gasteiger partial charge in [0.05, 0.1) is 0 Å². The van der Waals surface area contributed by atoms with Crippen molar-refractivity contribution < 1.29 is 4.79 Å². The molecular formula is C21H35N3O. The van der Waals surface area contributed by atoms with Crippen LogP contribution in [0, 0.1) is 5.41 Å². The van der Waals surface area contributed by atoms with E-state index >= 15 is 0 Å². The number of likely N-dealkylation sites (N-methyl/N-ethyl adjacent to an activating group) is 1. The summed E-state index contributed by atoms with van der Waals surface area (Å²) in [6.07, 6.45) is 6.43. The Morgan fingerprint density at radius 3 is 2.80 bits per heavy atom. The van der Waals surface area contributed by atoms with Crippen LogP contribution < -0.4 is 10.6 Å². The van der Waals surface area contributed by atoms with Crippen molar-refractivity contribution in [2.45, 2.75) is 58.5 Å². The van der Waals surface area contributed by atoms with Crippen molar-refractivity contribution >= 4 is 5.91 Å². The lowest BCUT2D eigenvalue weighted by molar-refractivity contribution is 0.0951. The second kappa shape index (κ2) is 9.35. The van der Waals surface area contributed by atoms with Gasteiger partial charge in [-0.1, -0.05) is 32.4 Å². The van der Waals surface area contributed by atoms with Crippen LogP contribution in [0.3, 0.4) is 0 Å². The molecule has 2 rings (SSSR count). The zero-order valence-corrected chi connectivity index (χ0v) is 16.4. The highest BCUT2D eigenvalue weighted by Crippen LogP contribution is 2.33. The Bertz CT molecular complexity index is 554. The SMILES string of the molecule is CN(C)CCNC(=O)c1cccc(CNC2CCCC(C)(C)CC2)c1. The molecule has 0 bridgehead atoms. The second-order valence-corrected chi connectivity index (χ2v) is 8.43. The number of nitrogens with one attached hydrogen (secondary N) is 2. The van der Waals surface area contributed by atoms with Crippen LogP contribution >= 0.6 is 0 Å². The van der Waals surface area contributed by atoms with Crippen LogP contribution in [0.4, 0.5) is 0 Å². The van der Waals surface area contributed by atoms with Crippen molar-refractivity contribution in [2.75, 3.05) is 27.2 Å². The summed E-state index contributed by atoms with van der Waals surface area (Å²) in [4.78, 5) is 14.3. The molecule has 4 nitrogen and oxygen atoms in total. The molecule has 0 aromatic heterocycles. The van der Waals surface area contributed by atoms with E-state index < -0.39 is 0 Å². The lowest BCUT2D eigenvalue weighted by Gasteiger charge is -2.22. The van der Waals surface area contributed by atoms with Gasteiger partial charge in [-0.2, -0.15) is 0 Å². The molecule has 1 aliphatic rings. The summed E-state index contributed by atoms with van der Waals surface area (Å²) < 4.78 is 0. The standard InChI is InChI=1S/C21H35N3O/c1-21(2)11-6-9-19(10-12-21)23-16-17-7-5-8-18(15-17)20(25)22-13-14-24(3)4/h5,7-8,15,19,23H,6,9-14,16H2,1-4H3,(H,22,25). The highest BCUT2D eigenvalue weighted by Gasteiger charge is 2.23. The first-order valence-corrected chi connectivity index (χ1v) is 9.61. The number of nitrogens with zero attached hydrogens (tertiary/aromatic N) is 1. The van der Waals surface area contributed by atoms with Crippen molar-refractivity contribution in [1.82, 2.24) is 15.5 Å². The van der Waals surface area contributed by atoms with Crippen molar-refractivity contribution in [2.24, 2.45) is 5.41 Å². The molecule has 1 atom stereocenters. The summed E-state index contributed by atoms with van der Waals surface area (Å²) in [5.74, 6) is 0.0138. The minimum absolute atomic E-state index is 0.0138. The van der Waals surface area contributed by atoms with E-state index in [1.165, 1.54) is 37.7 Å². The van der Waals surface area contributed by atoms with Gasteiger partial charge in [0.15, 0.2) is 0 Å². The van der Waals surface area contributed by atoms with Gasteiger partial charge in [-0.25, -0.2) is 0 Å². The van der Waals surface area contributed by atoms with Crippen LogP contribution in [-0.4, -0.2) is 44.0 Å². The molecule has 0 radical (unpaired) electrons. The minimum atomic E-state index is 0.0138. The first-order chi connectivity index (χ1) is 11.9. The topological polar surface area (TPSA) is 44.4 Å². The maximum Gasteiger partial charge on any atom is 0.251 e. The van der Waals surface area contributed by atoms with Crippen LogP contribution in [0.25, 0.3) is 0 Å². The molecule has 0 heterocycles. The fourth-order valence-corrected chi connectivity index (χ4v) is 3.45. The Hall–Kier alpha value is -1.39. The molecule has 0 aliphatic heterocycles. The van der Waals surface area contributed by atoms with E-state index in [0.29, 0.717) is 18.0 Å². The molecule has 140 valence electrons. The largest absolute Gasteiger partial charge is 0.351 e. The normalized spacial score (nSPS) is 20.3. The summed E-state index contributed by atoms with van der Waals surface area (Å²) in [6.45, 7) is 7.13. The lowest BCUT2D eigenvalue weighted by atomic mass is 9.85. The fraction of sp³-hybridized carbons (Fsp3) is 0.667. The van der Waals surface area contributed by atoms with E-state index in [4.69, 9.17) is 0 Å². The quantitative estimate of drug-likeness (QED) is 0.744. The summed E-state index contributed by atoms with van der Waals surface area (Å²) in [6, 6.07) is 8.58. The Kier molecular flexibility index (Phi) is 7.45. The third-order valence-electron chi connectivity index (χ3n) is 5.20. The Morgan fingerprint density at radius 1 is 1.24 bits per heavy atom. The average molecular weight is 346 g/mol. The smallest absolute Gasteiger partial charge is 0.251 e. The highest BCUT2D eigenvalue weighted by atomic mass is 16.1. The van der Waals surface area contributed by atoms with Gasteiger partial charge in [0.1, 0.15) is 0 Å². The monoisotopic (exact) mass is 345 g/mol. The van der Waals surface area contributed by atoms with Gasteiger partial charge >= 0.3 is 0 Å². The number of carbonyl (C=O) groups excluding carboxylic acids is 1. The molecule has 0 saturated heterocycles. The van der Waals surface area contributed by atoms with Crippen LogP contribution in [0.2, 0.25) is 0 Å². The number of hydrogen-bond donors (Lipinski definition) is 2. The number of rotatable bonds is 7. The first kappa shape index (κ1) is 19.9. The number of carbonyl (C=O) groups is 1. The Balaban J connectivity index is 1.83. The summed E-state index contributed by atoms with van der Waals surface area (Å²) in [5.41, 5.74) is 2.42. The van der Waals surface area contributed by atoms with Gasteiger partial charge in [-0.3, -0.25) is 4.79 Å². The summed E-state index contributed by atoms with van der Waals surface area (Å²) in [7, 11) is 4.01. The molecule has 1 fully saturated rings. The molecule has 1 amide bonds. The van der Waals surface area contributed by atoms with Gasteiger partial charge in [0.2, 0.25) is 0 Å². The summed E-state index contributed by atoms with van der Waals surface area (Å²) >= 11 is 0. The van der Waals surface area contributed by atoms with Gasteiger partial charge in [-0.15, -0.1) is 0 Å². The molecular weight excluding hydrogens is 310 g/mol. The zero-order chi connectivity index (χ0) is 18.3. The van der Waals surface area contributed by atoms with Crippen molar-refractivity contribution in [1.29, 1.82) is 0 Å². The van der Waals surface area contributed by atoms with Crippen LogP contribution in [0.1, 0.15) is 61.9 Å². The predicted octanol–water partition coefficient (Wildman–Crippen LogP) is 3.43. The van der Waals surface area contributed by atoms with Crippen molar-refractivity contribution in [3.8, 4) is 0 Å². The molecule has 2 N–H and O–H groups in total. The maximum absolute atomic E-state index is 12.3. The van der Waals surface area contributed by atoms with Crippen LogP contribution in [0.5, 0.6) is 0 Å². The molecule has 1 aromatic carbocycles. The Labute approximate surface area is 153 Å². The van der Waals surface area contributed by atoms with Gasteiger partial charge in [-0.05, 0) is 62.9 Å². The van der Waals surface area contributed by atoms with Gasteiger partial charge in [0.25, 0.3) is 5.91 Å². The third-order valence-corrected chi connectivity index (χ3v) is 5.20. The minimum Gasteiger partial charge on any atom is -0.351 e. The van der Waals surface area contributed by atoms with Crippen LogP contribution in [-0.2, 0) is 6.54 Å². The number of benzene rings is 1. The van der Waals surface area contributed by atoms with E-state index in [1.807, 2.05) is 32.3 Å². The summed E-state index contributed by atoms with van der Waals surface area (Å²) in [5, 5.41) is 6.68. The third kappa shape index (κ3) is 7.17. The molecule has 0 spiro atoms. The van der Waals surface area contributed by atoms with Crippen molar-refractivity contribution in [3.05, 3.63) is 35.4 Å². The molecule has 1 aromatic rings. The Morgan fingerprint density at radius 2 is 2.04 bits per heavy atom.